The van der Waals surface area contributed by atoms with Crippen LogP contribution in [0.1, 0.15) is 36.7 Å². The molecule has 0 fully saturated rings. The van der Waals surface area contributed by atoms with Gasteiger partial charge in [-0.25, -0.2) is 4.79 Å². The van der Waals surface area contributed by atoms with E-state index in [2.05, 4.69) is 6.07 Å². The minimum atomic E-state index is -0.260. The van der Waals surface area contributed by atoms with Gasteiger partial charge in [0, 0.05) is 0 Å². The van der Waals surface area contributed by atoms with Crippen LogP contribution in [-0.2, 0) is 4.74 Å². The van der Waals surface area contributed by atoms with E-state index in [1.54, 1.807) is 0 Å². The van der Waals surface area contributed by atoms with Crippen LogP contribution in [0.25, 0.3) is 16.3 Å². The van der Waals surface area contributed by atoms with Gasteiger partial charge >= 0.3 is 5.97 Å². The van der Waals surface area contributed by atoms with Gasteiger partial charge in [-0.2, -0.15) is 0 Å². The molecule has 0 bridgehead atoms. The molecule has 0 heterocycles. The third-order valence-corrected chi connectivity index (χ3v) is 3.25. The molecular formula is C17H18O2. The number of allylic oxidation sites excluding steroid dienone is 2. The number of esters is 1. The molecule has 0 spiro atoms. The number of carbonyl (C=O) groups is 1. The molecule has 19 heavy (non-hydrogen) atoms. The topological polar surface area (TPSA) is 26.3 Å². The number of rotatable bonds is 3. The van der Waals surface area contributed by atoms with Gasteiger partial charge in [-0.1, -0.05) is 36.4 Å². The van der Waals surface area contributed by atoms with Crippen molar-refractivity contribution in [1.82, 2.24) is 0 Å². The molecule has 0 aromatic heterocycles. The number of carbonyl (C=O) groups excluding carboxylic acids is 1. The fourth-order valence-corrected chi connectivity index (χ4v) is 2.22. The third kappa shape index (κ3) is 2.53. The Kier molecular flexibility index (Phi) is 4.00. The maximum absolute atomic E-state index is 12.1. The van der Waals surface area contributed by atoms with Gasteiger partial charge in [0.25, 0.3) is 0 Å². The molecule has 0 aliphatic heterocycles. The molecule has 0 unspecified atom stereocenters. The Morgan fingerprint density at radius 2 is 1.95 bits per heavy atom. The number of benzene rings is 2. The van der Waals surface area contributed by atoms with E-state index in [4.69, 9.17) is 4.74 Å². The van der Waals surface area contributed by atoms with E-state index < -0.39 is 0 Å². The number of ether oxygens (including phenoxy) is 1. The van der Waals surface area contributed by atoms with Gasteiger partial charge in [-0.15, -0.1) is 0 Å². The zero-order valence-electron chi connectivity index (χ0n) is 11.6. The van der Waals surface area contributed by atoms with Crippen molar-refractivity contribution in [2.24, 2.45) is 0 Å². The first-order valence-corrected chi connectivity index (χ1v) is 6.51. The van der Waals surface area contributed by atoms with Gasteiger partial charge in [0.15, 0.2) is 0 Å². The first-order valence-electron chi connectivity index (χ1n) is 6.51. The van der Waals surface area contributed by atoms with Crippen molar-refractivity contribution in [1.29, 1.82) is 0 Å². The van der Waals surface area contributed by atoms with E-state index in [1.165, 1.54) is 0 Å². The van der Waals surface area contributed by atoms with Gasteiger partial charge in [0.1, 0.15) is 0 Å². The van der Waals surface area contributed by atoms with Crippen molar-refractivity contribution < 1.29 is 9.53 Å². The number of hydrogen-bond donors (Lipinski definition) is 0. The summed E-state index contributed by atoms with van der Waals surface area (Å²) in [5.74, 6) is -0.260. The van der Waals surface area contributed by atoms with Crippen molar-refractivity contribution in [3.05, 3.63) is 53.6 Å². The molecule has 0 amide bonds. The fraction of sp³-hybridized carbons (Fsp3) is 0.235. The first-order chi connectivity index (χ1) is 9.19. The highest BCUT2D eigenvalue weighted by atomic mass is 16.5. The Morgan fingerprint density at radius 3 is 2.63 bits per heavy atom. The van der Waals surface area contributed by atoms with E-state index in [1.807, 2.05) is 57.2 Å². The van der Waals surface area contributed by atoms with Gasteiger partial charge in [0.2, 0.25) is 0 Å². The highest BCUT2D eigenvalue weighted by molar-refractivity contribution is 6.04. The summed E-state index contributed by atoms with van der Waals surface area (Å²) in [6.45, 7) is 6.21. The van der Waals surface area contributed by atoms with Crippen molar-refractivity contribution in [2.45, 2.75) is 20.8 Å². The van der Waals surface area contributed by atoms with E-state index in [0.717, 1.165) is 21.9 Å². The average molecular weight is 254 g/mol. The quantitative estimate of drug-likeness (QED) is 0.757. The molecule has 2 aromatic carbocycles. The van der Waals surface area contributed by atoms with Crippen LogP contribution in [-0.4, -0.2) is 12.6 Å². The van der Waals surface area contributed by atoms with Crippen LogP contribution in [0.4, 0.5) is 0 Å². The monoisotopic (exact) mass is 254 g/mol. The second-order valence-electron chi connectivity index (χ2n) is 4.40. The maximum Gasteiger partial charge on any atom is 0.338 e. The molecule has 0 atom stereocenters. The SMILES string of the molecule is CC=C(C)c1c(C(=O)OCC)ccc2ccccc12. The van der Waals surface area contributed by atoms with E-state index in [9.17, 15) is 4.79 Å². The molecule has 0 aliphatic rings. The smallest absolute Gasteiger partial charge is 0.338 e. The van der Waals surface area contributed by atoms with Gasteiger partial charge in [-0.05, 0) is 48.7 Å². The normalized spacial score (nSPS) is 11.6. The molecule has 0 N–H and O–H groups in total. The average Bonchev–Trinajstić information content (AvgIpc) is 2.45. The lowest BCUT2D eigenvalue weighted by Gasteiger charge is -2.12. The zero-order chi connectivity index (χ0) is 13.8. The zero-order valence-corrected chi connectivity index (χ0v) is 11.6. The number of hydrogen-bond acceptors (Lipinski definition) is 2. The molecule has 2 nitrogen and oxygen atoms in total. The van der Waals surface area contributed by atoms with Crippen LogP contribution in [0.15, 0.2) is 42.5 Å². The van der Waals surface area contributed by atoms with E-state index in [-0.39, 0.29) is 5.97 Å². The predicted octanol–water partition coefficient (Wildman–Crippen LogP) is 4.44. The molecular weight excluding hydrogens is 236 g/mol. The lowest BCUT2D eigenvalue weighted by atomic mass is 9.94. The lowest BCUT2D eigenvalue weighted by Crippen LogP contribution is -2.08. The summed E-state index contributed by atoms with van der Waals surface area (Å²) in [5, 5.41) is 2.22. The van der Waals surface area contributed by atoms with Crippen LogP contribution in [0.2, 0.25) is 0 Å². The molecule has 0 saturated carbocycles. The van der Waals surface area contributed by atoms with Crippen LogP contribution in [0.3, 0.4) is 0 Å². The Balaban J connectivity index is 2.74. The maximum atomic E-state index is 12.1. The summed E-state index contributed by atoms with van der Waals surface area (Å²) >= 11 is 0. The third-order valence-electron chi connectivity index (χ3n) is 3.25. The van der Waals surface area contributed by atoms with Gasteiger partial charge in [-0.3, -0.25) is 0 Å². The van der Waals surface area contributed by atoms with Crippen molar-refractivity contribution >= 4 is 22.3 Å². The van der Waals surface area contributed by atoms with Gasteiger partial charge < -0.3 is 4.74 Å². The van der Waals surface area contributed by atoms with Crippen LogP contribution in [0.5, 0.6) is 0 Å². The minimum absolute atomic E-state index is 0.260. The van der Waals surface area contributed by atoms with Crippen LogP contribution < -0.4 is 0 Å². The van der Waals surface area contributed by atoms with E-state index in [0.29, 0.717) is 12.2 Å². The first kappa shape index (κ1) is 13.3. The molecule has 0 radical (unpaired) electrons. The van der Waals surface area contributed by atoms with Gasteiger partial charge in [0.05, 0.1) is 12.2 Å². The molecule has 0 aliphatic carbocycles. The summed E-state index contributed by atoms with van der Waals surface area (Å²) in [4.78, 5) is 12.1. The van der Waals surface area contributed by atoms with Crippen LogP contribution >= 0.6 is 0 Å². The fourth-order valence-electron chi connectivity index (χ4n) is 2.22. The Morgan fingerprint density at radius 1 is 1.21 bits per heavy atom. The van der Waals surface area contributed by atoms with E-state index >= 15 is 0 Å². The highest BCUT2D eigenvalue weighted by Crippen LogP contribution is 2.29. The van der Waals surface area contributed by atoms with Crippen molar-refractivity contribution in [3.63, 3.8) is 0 Å². The summed E-state index contributed by atoms with van der Waals surface area (Å²) in [5.41, 5.74) is 2.69. The second kappa shape index (κ2) is 5.70. The standard InChI is InChI=1S/C17H18O2/c1-4-12(3)16-14-9-7-6-8-13(14)10-11-15(16)17(18)19-5-2/h4,6-11H,5H2,1-3H3. The number of fused-ring (bicyclic) bond motifs is 1. The predicted molar refractivity (Wildman–Crippen MR) is 79.2 cm³/mol. The molecule has 2 rings (SSSR count). The summed E-state index contributed by atoms with van der Waals surface area (Å²) in [7, 11) is 0. The molecule has 0 saturated heterocycles. The molecule has 2 heteroatoms. The highest BCUT2D eigenvalue weighted by Gasteiger charge is 2.15. The largest absolute Gasteiger partial charge is 0.462 e. The Hall–Kier alpha value is -2.09. The Labute approximate surface area is 113 Å². The minimum Gasteiger partial charge on any atom is -0.462 e. The summed E-state index contributed by atoms with van der Waals surface area (Å²) < 4.78 is 5.15. The Bertz CT molecular complexity index is 639. The van der Waals surface area contributed by atoms with Crippen molar-refractivity contribution in [3.8, 4) is 0 Å². The lowest BCUT2D eigenvalue weighted by molar-refractivity contribution is 0.0526. The molecule has 2 aromatic rings. The van der Waals surface area contributed by atoms with Crippen molar-refractivity contribution in [2.75, 3.05) is 6.61 Å². The summed E-state index contributed by atoms with van der Waals surface area (Å²) in [6, 6.07) is 11.9. The second-order valence-corrected chi connectivity index (χ2v) is 4.40. The summed E-state index contributed by atoms with van der Waals surface area (Å²) in [6.07, 6.45) is 2.02. The van der Waals surface area contributed by atoms with Crippen LogP contribution in [0, 0.1) is 0 Å². The molecule has 98 valence electrons.